The van der Waals surface area contributed by atoms with Gasteiger partial charge in [-0.05, 0) is 31.8 Å². The Morgan fingerprint density at radius 1 is 1.38 bits per heavy atom. The van der Waals surface area contributed by atoms with Gasteiger partial charge < -0.3 is 0 Å². The molecule has 1 heteroatoms. The number of hydrogen-bond donors (Lipinski definition) is 0. The van der Waals surface area contributed by atoms with Crippen molar-refractivity contribution in [2.45, 2.75) is 41.0 Å². The molecule has 0 aliphatic rings. The molecule has 0 rings (SSSR count). The van der Waals surface area contributed by atoms with Crippen LogP contribution in [-0.4, -0.2) is 6.21 Å². The van der Waals surface area contributed by atoms with Crippen LogP contribution in [0.3, 0.4) is 0 Å². The zero-order chi connectivity index (χ0) is 10.4. The minimum atomic E-state index is 0.492. The zero-order valence-corrected chi connectivity index (χ0v) is 9.52. The van der Waals surface area contributed by atoms with Crippen molar-refractivity contribution >= 4 is 6.21 Å². The van der Waals surface area contributed by atoms with Gasteiger partial charge in [0, 0.05) is 6.21 Å². The molecular weight excluding hydrogens is 158 g/mol. The number of rotatable bonds is 4. The Morgan fingerprint density at radius 3 is 2.31 bits per heavy atom. The lowest BCUT2D eigenvalue weighted by atomic mass is 10.1. The second-order valence-electron chi connectivity index (χ2n) is 3.73. The molecule has 0 bridgehead atoms. The molecule has 0 amide bonds. The van der Waals surface area contributed by atoms with Gasteiger partial charge in [0.2, 0.25) is 0 Å². The SMILES string of the molecule is C=C(N=CC(C)C)C(C)=C(C)CC. The smallest absolute Gasteiger partial charge is 0.0582 e. The van der Waals surface area contributed by atoms with Gasteiger partial charge in [0.05, 0.1) is 5.70 Å². The van der Waals surface area contributed by atoms with E-state index in [-0.39, 0.29) is 0 Å². The lowest BCUT2D eigenvalue weighted by Gasteiger charge is -2.05. The van der Waals surface area contributed by atoms with Crippen molar-refractivity contribution in [2.24, 2.45) is 10.9 Å². The van der Waals surface area contributed by atoms with E-state index in [1.807, 2.05) is 6.21 Å². The molecule has 0 saturated heterocycles. The highest BCUT2D eigenvalue weighted by atomic mass is 14.7. The van der Waals surface area contributed by atoms with E-state index >= 15 is 0 Å². The molecule has 74 valence electrons. The average Bonchev–Trinajstić information content (AvgIpc) is 2.11. The maximum Gasteiger partial charge on any atom is 0.0582 e. The monoisotopic (exact) mass is 179 g/mol. The molecule has 0 fully saturated rings. The Balaban J connectivity index is 4.45. The van der Waals surface area contributed by atoms with Gasteiger partial charge in [-0.15, -0.1) is 0 Å². The standard InChI is InChI=1S/C12H21N/c1-7-10(4)11(5)12(6)13-8-9(2)3/h8-9H,6-7H2,1-5H3. The van der Waals surface area contributed by atoms with E-state index in [9.17, 15) is 0 Å². The first kappa shape index (κ1) is 12.2. The first-order valence-corrected chi connectivity index (χ1v) is 4.88. The summed E-state index contributed by atoms with van der Waals surface area (Å²) in [5.41, 5.74) is 3.48. The molecule has 0 spiro atoms. The van der Waals surface area contributed by atoms with Crippen LogP contribution in [0.25, 0.3) is 0 Å². The normalized spacial score (nSPS) is 13.7. The minimum absolute atomic E-state index is 0.492. The van der Waals surface area contributed by atoms with Crippen LogP contribution in [0.4, 0.5) is 0 Å². The highest BCUT2D eigenvalue weighted by Gasteiger charge is 1.98. The van der Waals surface area contributed by atoms with Crippen molar-refractivity contribution in [3.8, 4) is 0 Å². The molecule has 1 nitrogen and oxygen atoms in total. The van der Waals surface area contributed by atoms with E-state index in [4.69, 9.17) is 0 Å². The minimum Gasteiger partial charge on any atom is -0.261 e. The Bertz CT molecular complexity index is 232. The molecule has 0 heterocycles. The summed E-state index contributed by atoms with van der Waals surface area (Å²) in [6, 6.07) is 0. The second kappa shape index (κ2) is 5.74. The average molecular weight is 179 g/mol. The summed E-state index contributed by atoms with van der Waals surface area (Å²) in [4.78, 5) is 4.32. The van der Waals surface area contributed by atoms with Crippen LogP contribution in [0.15, 0.2) is 28.4 Å². The van der Waals surface area contributed by atoms with Crippen LogP contribution in [0.5, 0.6) is 0 Å². The van der Waals surface area contributed by atoms with Gasteiger partial charge in [0.1, 0.15) is 0 Å². The molecule has 0 aromatic rings. The van der Waals surface area contributed by atoms with Crippen LogP contribution in [0, 0.1) is 5.92 Å². The van der Waals surface area contributed by atoms with Crippen LogP contribution < -0.4 is 0 Å². The highest BCUT2D eigenvalue weighted by Crippen LogP contribution is 2.15. The van der Waals surface area contributed by atoms with Gasteiger partial charge in [0.25, 0.3) is 0 Å². The molecule has 0 radical (unpaired) electrons. The summed E-state index contributed by atoms with van der Waals surface area (Å²) in [7, 11) is 0. The second-order valence-corrected chi connectivity index (χ2v) is 3.73. The van der Waals surface area contributed by atoms with Crippen molar-refractivity contribution < 1.29 is 0 Å². The van der Waals surface area contributed by atoms with E-state index in [1.54, 1.807) is 0 Å². The fourth-order valence-corrected chi connectivity index (χ4v) is 0.847. The largest absolute Gasteiger partial charge is 0.261 e. The van der Waals surface area contributed by atoms with Gasteiger partial charge in [-0.2, -0.15) is 0 Å². The van der Waals surface area contributed by atoms with Gasteiger partial charge in [-0.1, -0.05) is 32.9 Å². The van der Waals surface area contributed by atoms with E-state index in [1.165, 1.54) is 11.1 Å². The van der Waals surface area contributed by atoms with Crippen LogP contribution in [0.1, 0.15) is 41.0 Å². The predicted molar refractivity (Wildman–Crippen MR) is 61.1 cm³/mol. The van der Waals surface area contributed by atoms with Crippen molar-refractivity contribution in [1.82, 2.24) is 0 Å². The molecule has 0 aliphatic heterocycles. The van der Waals surface area contributed by atoms with Gasteiger partial charge in [-0.25, -0.2) is 0 Å². The maximum absolute atomic E-state index is 4.32. The van der Waals surface area contributed by atoms with Crippen molar-refractivity contribution in [2.75, 3.05) is 0 Å². The third-order valence-corrected chi connectivity index (χ3v) is 2.13. The third-order valence-electron chi connectivity index (χ3n) is 2.13. The lowest BCUT2D eigenvalue weighted by Crippen LogP contribution is -1.90. The van der Waals surface area contributed by atoms with Crippen molar-refractivity contribution in [1.29, 1.82) is 0 Å². The molecule has 0 aromatic carbocycles. The number of aliphatic imine (C=N–C) groups is 1. The summed E-state index contributed by atoms with van der Waals surface area (Å²) in [5.74, 6) is 0.492. The molecule has 13 heavy (non-hydrogen) atoms. The summed E-state index contributed by atoms with van der Waals surface area (Å²) >= 11 is 0. The molecule has 0 aromatic heterocycles. The van der Waals surface area contributed by atoms with Gasteiger partial charge >= 0.3 is 0 Å². The Hall–Kier alpha value is -0.850. The van der Waals surface area contributed by atoms with Crippen LogP contribution in [-0.2, 0) is 0 Å². The first-order chi connectivity index (χ1) is 5.99. The van der Waals surface area contributed by atoms with E-state index in [0.29, 0.717) is 5.92 Å². The molecule has 0 N–H and O–H groups in total. The van der Waals surface area contributed by atoms with Crippen LogP contribution >= 0.6 is 0 Å². The molecule has 0 aliphatic carbocycles. The lowest BCUT2D eigenvalue weighted by molar-refractivity contribution is 0.904. The summed E-state index contributed by atoms with van der Waals surface area (Å²) in [5, 5.41) is 0. The van der Waals surface area contributed by atoms with E-state index < -0.39 is 0 Å². The van der Waals surface area contributed by atoms with Crippen molar-refractivity contribution in [3.63, 3.8) is 0 Å². The molecule has 0 saturated carbocycles. The zero-order valence-electron chi connectivity index (χ0n) is 9.52. The molecule has 0 unspecified atom stereocenters. The topological polar surface area (TPSA) is 12.4 Å². The highest BCUT2D eigenvalue weighted by molar-refractivity contribution is 5.62. The number of nitrogens with zero attached hydrogens (tertiary/aromatic N) is 1. The van der Waals surface area contributed by atoms with E-state index in [2.05, 4.69) is 46.2 Å². The predicted octanol–water partition coefficient (Wildman–Crippen LogP) is 3.97. The number of hydrogen-bond acceptors (Lipinski definition) is 1. The van der Waals surface area contributed by atoms with Crippen LogP contribution in [0.2, 0.25) is 0 Å². The quantitative estimate of drug-likeness (QED) is 0.457. The maximum atomic E-state index is 4.32. The van der Waals surface area contributed by atoms with E-state index in [0.717, 1.165) is 12.1 Å². The van der Waals surface area contributed by atoms with Gasteiger partial charge in [-0.3, -0.25) is 4.99 Å². The Morgan fingerprint density at radius 2 is 1.92 bits per heavy atom. The first-order valence-electron chi connectivity index (χ1n) is 4.88. The summed E-state index contributed by atoms with van der Waals surface area (Å²) < 4.78 is 0. The Kier molecular flexibility index (Phi) is 5.36. The molecule has 0 atom stereocenters. The molecular formula is C12H21N. The van der Waals surface area contributed by atoms with Gasteiger partial charge in [0.15, 0.2) is 0 Å². The fourth-order valence-electron chi connectivity index (χ4n) is 0.847. The summed E-state index contributed by atoms with van der Waals surface area (Å²) in [6.07, 6.45) is 3.01. The fraction of sp³-hybridized carbons (Fsp3) is 0.583. The number of allylic oxidation sites excluding steroid dienone is 2. The summed E-state index contributed by atoms with van der Waals surface area (Å²) in [6.45, 7) is 14.5. The Labute approximate surface area is 82.3 Å². The van der Waals surface area contributed by atoms with Crippen molar-refractivity contribution in [3.05, 3.63) is 23.4 Å². The third kappa shape index (κ3) is 4.66.